The Kier molecular flexibility index (Phi) is 9.72. The van der Waals surface area contributed by atoms with Gasteiger partial charge in [0.05, 0.1) is 22.8 Å². The molecule has 0 saturated carbocycles. The Morgan fingerprint density at radius 2 is 0.547 bits per heavy atom. The minimum absolute atomic E-state index is 0. The van der Waals surface area contributed by atoms with Crippen molar-refractivity contribution in [3.05, 3.63) is 164 Å². The van der Waals surface area contributed by atoms with Crippen LogP contribution < -0.4 is 0 Å². The van der Waals surface area contributed by atoms with Crippen LogP contribution in [-0.4, -0.2) is 19.9 Å². The molecule has 0 fully saturated rings. The minimum Gasteiger partial charge on any atom is -0.354 e. The van der Waals surface area contributed by atoms with E-state index < -0.39 is 0 Å². The van der Waals surface area contributed by atoms with Gasteiger partial charge in [0, 0.05) is 106 Å². The molecule has 4 nitrogen and oxygen atoms in total. The molecule has 0 radical (unpaired) electrons. The Labute approximate surface area is 338 Å². The average molecular weight is 818 g/mol. The van der Waals surface area contributed by atoms with Crippen molar-refractivity contribution in [3.8, 4) is 44.5 Å². The summed E-state index contributed by atoms with van der Waals surface area (Å²) in [6.45, 7) is 0. The van der Waals surface area contributed by atoms with Crippen LogP contribution >= 0.6 is 46.4 Å². The van der Waals surface area contributed by atoms with E-state index in [9.17, 15) is 0 Å². The van der Waals surface area contributed by atoms with E-state index in [1.807, 2.05) is 121 Å². The molecule has 0 amide bonds. The number of halogens is 4. The summed E-state index contributed by atoms with van der Waals surface area (Å²) < 4.78 is 0. The Hall–Kier alpha value is -4.74. The van der Waals surface area contributed by atoms with Gasteiger partial charge in [-0.1, -0.05) is 119 Å². The molecule has 0 unspecified atom stereocenters. The first-order valence-electron chi connectivity index (χ1n) is 16.6. The predicted octanol–water partition coefficient (Wildman–Crippen LogP) is 13.9. The van der Waals surface area contributed by atoms with Crippen LogP contribution in [0.15, 0.2) is 121 Å². The number of H-pyrrole nitrogens is 2. The summed E-state index contributed by atoms with van der Waals surface area (Å²) in [5.41, 5.74) is 13.1. The van der Waals surface area contributed by atoms with Crippen LogP contribution in [0.4, 0.5) is 0 Å². The van der Waals surface area contributed by atoms with Gasteiger partial charge in [-0.05, 0) is 72.8 Å². The van der Waals surface area contributed by atoms with E-state index in [0.717, 1.165) is 89.4 Å². The first kappa shape index (κ1) is 35.3. The summed E-state index contributed by atoms with van der Waals surface area (Å²) >= 11 is 27.7. The molecule has 5 heterocycles. The maximum absolute atomic E-state index is 6.92. The van der Waals surface area contributed by atoms with Gasteiger partial charge in [-0.15, -0.1) is 0 Å². The minimum atomic E-state index is 0. The van der Waals surface area contributed by atoms with Gasteiger partial charge in [0.1, 0.15) is 0 Å². The van der Waals surface area contributed by atoms with Gasteiger partial charge in [-0.25, -0.2) is 9.97 Å². The van der Waals surface area contributed by atoms with Gasteiger partial charge in [0.15, 0.2) is 0 Å². The number of benzene rings is 4. The van der Waals surface area contributed by atoms with E-state index in [1.165, 1.54) is 0 Å². The van der Waals surface area contributed by atoms with Crippen LogP contribution in [0.5, 0.6) is 0 Å². The molecule has 9 rings (SSSR count). The summed E-state index contributed by atoms with van der Waals surface area (Å²) in [5, 5.41) is 2.43. The molecule has 53 heavy (non-hydrogen) atoms. The van der Waals surface area contributed by atoms with Crippen molar-refractivity contribution in [2.75, 3.05) is 0 Å². The van der Waals surface area contributed by atoms with Crippen molar-refractivity contribution in [2.45, 2.75) is 0 Å². The molecule has 2 aliphatic rings. The fourth-order valence-corrected chi connectivity index (χ4v) is 7.92. The van der Waals surface area contributed by atoms with E-state index in [-0.39, 0.29) is 19.5 Å². The van der Waals surface area contributed by atoms with E-state index >= 15 is 0 Å². The molecule has 9 heteroatoms. The third-order valence-electron chi connectivity index (χ3n) is 9.33. The van der Waals surface area contributed by atoms with Gasteiger partial charge in [-0.3, -0.25) is 0 Å². The first-order chi connectivity index (χ1) is 25.4. The molecule has 4 aromatic carbocycles. The summed E-state index contributed by atoms with van der Waals surface area (Å²) in [4.78, 5) is 18.0. The van der Waals surface area contributed by atoms with Crippen molar-refractivity contribution in [2.24, 2.45) is 0 Å². The van der Waals surface area contributed by atoms with Crippen molar-refractivity contribution in [3.63, 3.8) is 0 Å². The number of nitrogens with one attached hydrogen (secondary N) is 2. The molecule has 2 aliphatic heterocycles. The normalized spacial score (nSPS) is 11.8. The Bertz CT molecular complexity index is 2440. The number of aromatic nitrogens is 4. The van der Waals surface area contributed by atoms with Gasteiger partial charge >= 0.3 is 0 Å². The van der Waals surface area contributed by atoms with Crippen LogP contribution in [-0.2, 0) is 19.5 Å². The summed E-state index contributed by atoms with van der Waals surface area (Å²) in [7, 11) is 0. The molecule has 0 spiro atoms. The molecule has 252 valence electrons. The van der Waals surface area contributed by atoms with E-state index in [4.69, 9.17) is 56.4 Å². The van der Waals surface area contributed by atoms with Crippen molar-refractivity contribution in [1.29, 1.82) is 0 Å². The van der Waals surface area contributed by atoms with E-state index in [1.54, 1.807) is 0 Å². The van der Waals surface area contributed by atoms with Crippen LogP contribution in [0.2, 0.25) is 20.1 Å². The summed E-state index contributed by atoms with van der Waals surface area (Å²) in [6.07, 6.45) is 8.10. The first-order valence-corrected chi connectivity index (χ1v) is 18.1. The fourth-order valence-electron chi connectivity index (χ4n) is 6.99. The van der Waals surface area contributed by atoms with Crippen LogP contribution in [0.3, 0.4) is 0 Å². The number of aromatic amines is 2. The monoisotopic (exact) mass is 814 g/mol. The average Bonchev–Trinajstić information content (AvgIpc) is 3.99. The molecule has 7 aromatic rings. The zero-order chi connectivity index (χ0) is 35.3. The summed E-state index contributed by atoms with van der Waals surface area (Å²) in [5.74, 6) is 0. The van der Waals surface area contributed by atoms with Gasteiger partial charge in [0.2, 0.25) is 0 Å². The van der Waals surface area contributed by atoms with Crippen molar-refractivity contribution in [1.82, 2.24) is 19.9 Å². The van der Waals surface area contributed by atoms with Crippen molar-refractivity contribution >= 4 is 92.8 Å². The zero-order valence-electron chi connectivity index (χ0n) is 28.0. The van der Waals surface area contributed by atoms with Gasteiger partial charge in [-0.2, -0.15) is 0 Å². The number of hydrogen-bond donors (Lipinski definition) is 2. The number of fused-ring (bicyclic) bond motifs is 8. The van der Waals surface area contributed by atoms with Crippen LogP contribution in [0.25, 0.3) is 90.9 Å². The predicted molar refractivity (Wildman–Crippen MR) is 221 cm³/mol. The Morgan fingerprint density at radius 1 is 0.321 bits per heavy atom. The molecule has 0 atom stereocenters. The maximum atomic E-state index is 6.92. The van der Waals surface area contributed by atoms with Crippen LogP contribution in [0.1, 0.15) is 22.8 Å². The number of nitrogens with zero attached hydrogens (tertiary/aromatic N) is 2. The van der Waals surface area contributed by atoms with E-state index in [2.05, 4.69) is 34.2 Å². The van der Waals surface area contributed by atoms with Gasteiger partial charge < -0.3 is 9.97 Å². The molecule has 3 aromatic heterocycles. The third kappa shape index (κ3) is 6.37. The van der Waals surface area contributed by atoms with E-state index in [0.29, 0.717) is 20.1 Å². The second kappa shape index (κ2) is 14.6. The quantitative estimate of drug-likeness (QED) is 0.174. The summed E-state index contributed by atoms with van der Waals surface area (Å²) in [6, 6.07) is 39.4. The smallest absolute Gasteiger partial charge is 0.0737 e. The third-order valence-corrected chi connectivity index (χ3v) is 10.6. The van der Waals surface area contributed by atoms with Crippen LogP contribution in [0, 0.1) is 0 Å². The second-order valence-electron chi connectivity index (χ2n) is 12.4. The standard InChI is InChI=1S/C44H26Cl4N4.Zn/c45-29-13-5-1-9-25(29)41-33-17-19-35(49-33)42(26-10-2-6-14-30(26)46)37-21-23-39(51-37)44(28-12-4-8-16-32(28)48)40-24-22-38(52-40)43(36-20-18-34(41)50-36)27-11-3-7-15-31(27)47;/h1-24,49,52H;. The van der Waals surface area contributed by atoms with Crippen molar-refractivity contribution < 1.29 is 19.5 Å². The molecule has 0 aliphatic carbocycles. The molecule has 2 N–H and O–H groups in total. The van der Waals surface area contributed by atoms with Gasteiger partial charge in [0.25, 0.3) is 0 Å². The SMILES string of the molecule is Clc1ccccc1-c1c2nc(c(-c3ccccc3Cl)c3ccc([nH]3)c(-c3ccccc3Cl)c3nc(c(-c4ccccc4Cl)c4ccc1[nH]4)C=C3)C=C2.[Zn]. The zero-order valence-corrected chi connectivity index (χ0v) is 34.0. The largest absolute Gasteiger partial charge is 0.354 e. The Balaban J connectivity index is 0.00000400. The number of rotatable bonds is 4. The molecule has 8 bridgehead atoms. The maximum Gasteiger partial charge on any atom is 0.0737 e. The molecular formula is C44H26Cl4N4Zn. The molecular weight excluding hydrogens is 792 g/mol. The fraction of sp³-hybridized carbons (Fsp3) is 0. The second-order valence-corrected chi connectivity index (χ2v) is 14.1. The topological polar surface area (TPSA) is 57.4 Å². The molecule has 0 saturated heterocycles. The Morgan fingerprint density at radius 3 is 0.774 bits per heavy atom. The number of hydrogen-bond acceptors (Lipinski definition) is 2.